The highest BCUT2D eigenvalue weighted by atomic mass is 32.1. The van der Waals surface area contributed by atoms with E-state index in [1.54, 1.807) is 5.51 Å². The average molecular weight is 264 g/mol. The van der Waals surface area contributed by atoms with E-state index in [-0.39, 0.29) is 0 Å². The lowest BCUT2D eigenvalue weighted by Crippen LogP contribution is -2.54. The van der Waals surface area contributed by atoms with E-state index in [1.165, 1.54) is 11.3 Å². The maximum Gasteiger partial charge on any atom is 0.223 e. The lowest BCUT2D eigenvalue weighted by Gasteiger charge is -2.38. The van der Waals surface area contributed by atoms with Crippen molar-refractivity contribution < 1.29 is 0 Å². The Bertz CT molecular complexity index is 568. The van der Waals surface area contributed by atoms with Crippen LogP contribution in [0.4, 0.5) is 11.8 Å². The Kier molecular flexibility index (Phi) is 2.79. The molecule has 1 aliphatic rings. The minimum atomic E-state index is 0.320. The van der Waals surface area contributed by atoms with E-state index in [9.17, 15) is 0 Å². The van der Waals surface area contributed by atoms with Crippen LogP contribution in [0.25, 0.3) is 10.3 Å². The summed E-state index contributed by atoms with van der Waals surface area (Å²) in [5, 5.41) is 3.45. The average Bonchev–Trinajstić information content (AvgIpc) is 2.79. The number of thiazole rings is 1. The van der Waals surface area contributed by atoms with Crippen LogP contribution in [0.15, 0.2) is 5.51 Å². The van der Waals surface area contributed by atoms with Gasteiger partial charge in [0.1, 0.15) is 5.52 Å². The van der Waals surface area contributed by atoms with E-state index in [4.69, 9.17) is 5.73 Å². The van der Waals surface area contributed by atoms with Crippen molar-refractivity contribution >= 4 is 33.5 Å². The number of rotatable bonds is 1. The second kappa shape index (κ2) is 4.33. The van der Waals surface area contributed by atoms with Crippen molar-refractivity contribution in [3.63, 3.8) is 0 Å². The molecular weight excluding hydrogens is 248 g/mol. The van der Waals surface area contributed by atoms with E-state index < -0.39 is 0 Å². The first-order valence-electron chi connectivity index (χ1n) is 6.02. The van der Waals surface area contributed by atoms with E-state index in [0.717, 1.165) is 29.3 Å². The molecule has 3 N–H and O–H groups in total. The van der Waals surface area contributed by atoms with Gasteiger partial charge in [-0.05, 0) is 13.8 Å². The van der Waals surface area contributed by atoms with Crippen LogP contribution in [-0.2, 0) is 0 Å². The molecule has 2 aromatic rings. The summed E-state index contributed by atoms with van der Waals surface area (Å²) >= 11 is 1.50. The Morgan fingerprint density at radius 2 is 2.28 bits per heavy atom. The van der Waals surface area contributed by atoms with Gasteiger partial charge in [0.05, 0.1) is 5.51 Å². The van der Waals surface area contributed by atoms with Gasteiger partial charge < -0.3 is 16.0 Å². The maximum absolute atomic E-state index is 5.79. The molecule has 3 rings (SSSR count). The second-order valence-corrected chi connectivity index (χ2v) is 5.56. The Balaban J connectivity index is 2.09. The van der Waals surface area contributed by atoms with Gasteiger partial charge in [0.2, 0.25) is 5.95 Å². The van der Waals surface area contributed by atoms with Crippen LogP contribution in [0.5, 0.6) is 0 Å². The van der Waals surface area contributed by atoms with Gasteiger partial charge in [-0.3, -0.25) is 0 Å². The van der Waals surface area contributed by atoms with Crippen LogP contribution in [-0.4, -0.2) is 40.1 Å². The smallest absolute Gasteiger partial charge is 0.223 e. The van der Waals surface area contributed by atoms with Crippen LogP contribution in [0, 0.1) is 0 Å². The van der Waals surface area contributed by atoms with Crippen molar-refractivity contribution in [2.24, 2.45) is 0 Å². The number of fused-ring (bicyclic) bond motifs is 1. The van der Waals surface area contributed by atoms with Crippen LogP contribution in [0.1, 0.15) is 13.8 Å². The van der Waals surface area contributed by atoms with Gasteiger partial charge in [0.25, 0.3) is 0 Å². The summed E-state index contributed by atoms with van der Waals surface area (Å²) in [5.41, 5.74) is 8.43. The molecule has 0 bridgehead atoms. The number of nitrogen functional groups attached to an aromatic ring is 1. The molecule has 2 aromatic heterocycles. The minimum Gasteiger partial charge on any atom is -0.368 e. The summed E-state index contributed by atoms with van der Waals surface area (Å²) in [6.45, 7) is 6.19. The predicted octanol–water partition coefficient (Wildman–Crippen LogP) is 0.855. The summed E-state index contributed by atoms with van der Waals surface area (Å²) in [6.07, 6.45) is 0. The van der Waals surface area contributed by atoms with Gasteiger partial charge in [-0.2, -0.15) is 4.98 Å². The summed E-state index contributed by atoms with van der Waals surface area (Å²) in [5.74, 6) is 1.18. The maximum atomic E-state index is 5.79. The van der Waals surface area contributed by atoms with Gasteiger partial charge in [0, 0.05) is 25.2 Å². The number of anilines is 2. The number of aromatic nitrogens is 3. The normalized spacial score (nSPS) is 24.7. The molecule has 2 atom stereocenters. The van der Waals surface area contributed by atoms with E-state index in [0.29, 0.717) is 18.0 Å². The molecule has 1 aliphatic heterocycles. The second-order valence-electron chi connectivity index (χ2n) is 4.72. The summed E-state index contributed by atoms with van der Waals surface area (Å²) < 4.78 is 0. The van der Waals surface area contributed by atoms with Gasteiger partial charge in [-0.1, -0.05) is 0 Å². The van der Waals surface area contributed by atoms with Crippen molar-refractivity contribution in [3.05, 3.63) is 5.51 Å². The van der Waals surface area contributed by atoms with Crippen LogP contribution < -0.4 is 16.0 Å². The van der Waals surface area contributed by atoms with Gasteiger partial charge in [-0.25, -0.2) is 9.97 Å². The zero-order valence-electron chi connectivity index (χ0n) is 10.4. The molecule has 6 nitrogen and oxygen atoms in total. The minimum absolute atomic E-state index is 0.320. The van der Waals surface area contributed by atoms with E-state index >= 15 is 0 Å². The monoisotopic (exact) mass is 264 g/mol. The quantitative estimate of drug-likeness (QED) is 0.795. The van der Waals surface area contributed by atoms with Gasteiger partial charge in [0.15, 0.2) is 10.6 Å². The first kappa shape index (κ1) is 11.6. The fraction of sp³-hybridized carbons (Fsp3) is 0.545. The number of hydrogen-bond donors (Lipinski definition) is 2. The van der Waals surface area contributed by atoms with Crippen molar-refractivity contribution in [3.8, 4) is 0 Å². The van der Waals surface area contributed by atoms with Gasteiger partial charge >= 0.3 is 0 Å². The molecule has 0 unspecified atom stereocenters. The third-order valence-electron chi connectivity index (χ3n) is 3.23. The molecular formula is C11H16N6S. The summed E-state index contributed by atoms with van der Waals surface area (Å²) in [6, 6.07) is 0.812. The summed E-state index contributed by atoms with van der Waals surface area (Å²) in [4.78, 5) is 16.1. The highest BCUT2D eigenvalue weighted by molar-refractivity contribution is 7.16. The highest BCUT2D eigenvalue weighted by Crippen LogP contribution is 2.28. The van der Waals surface area contributed by atoms with Crippen LogP contribution >= 0.6 is 11.3 Å². The van der Waals surface area contributed by atoms with Crippen molar-refractivity contribution in [2.45, 2.75) is 25.9 Å². The Labute approximate surface area is 109 Å². The summed E-state index contributed by atoms with van der Waals surface area (Å²) in [7, 11) is 0. The SMILES string of the molecule is C[C@@H]1CN(c2nc(N)nc3scnc23)[C@@H](C)CN1. The number of nitrogens with two attached hydrogens (primary N) is 1. The van der Waals surface area contributed by atoms with E-state index in [2.05, 4.69) is 39.0 Å². The number of piperazine rings is 1. The third kappa shape index (κ3) is 1.89. The molecule has 0 amide bonds. The zero-order chi connectivity index (χ0) is 12.7. The van der Waals surface area contributed by atoms with Crippen LogP contribution in [0.3, 0.4) is 0 Å². The molecule has 3 heterocycles. The third-order valence-corrected chi connectivity index (χ3v) is 3.95. The zero-order valence-corrected chi connectivity index (χ0v) is 11.2. The Morgan fingerprint density at radius 3 is 3.11 bits per heavy atom. The number of hydrogen-bond acceptors (Lipinski definition) is 7. The first-order valence-corrected chi connectivity index (χ1v) is 6.90. The first-order chi connectivity index (χ1) is 8.65. The molecule has 96 valence electrons. The molecule has 18 heavy (non-hydrogen) atoms. The van der Waals surface area contributed by atoms with Crippen molar-refractivity contribution in [1.82, 2.24) is 20.3 Å². The highest BCUT2D eigenvalue weighted by Gasteiger charge is 2.26. The lowest BCUT2D eigenvalue weighted by molar-refractivity contribution is 0.423. The molecule has 0 saturated carbocycles. The standard InChI is InChI=1S/C11H16N6S/c1-6-4-17(7(2)3-13-6)9-8-10(18-5-14-8)16-11(12)15-9/h5-7,13H,3-4H2,1-2H3,(H2,12,15,16)/t6-,7+/m1/s1. The molecule has 0 radical (unpaired) electrons. The molecule has 7 heteroatoms. The fourth-order valence-corrected chi connectivity index (χ4v) is 2.94. The molecule has 1 saturated heterocycles. The van der Waals surface area contributed by atoms with E-state index in [1.807, 2.05) is 0 Å². The molecule has 0 aromatic carbocycles. The Hall–Kier alpha value is -1.47. The lowest BCUT2D eigenvalue weighted by atomic mass is 10.1. The number of nitrogens with zero attached hydrogens (tertiary/aromatic N) is 4. The topological polar surface area (TPSA) is 80.0 Å². The molecule has 0 aliphatic carbocycles. The molecule has 0 spiro atoms. The van der Waals surface area contributed by atoms with Crippen molar-refractivity contribution in [1.29, 1.82) is 0 Å². The fourth-order valence-electron chi connectivity index (χ4n) is 2.28. The van der Waals surface area contributed by atoms with Gasteiger partial charge in [-0.15, -0.1) is 11.3 Å². The predicted molar refractivity (Wildman–Crippen MR) is 73.9 cm³/mol. The number of nitrogens with one attached hydrogen (secondary N) is 1. The van der Waals surface area contributed by atoms with Crippen molar-refractivity contribution in [2.75, 3.05) is 23.7 Å². The largest absolute Gasteiger partial charge is 0.368 e. The molecule has 1 fully saturated rings. The Morgan fingerprint density at radius 1 is 1.44 bits per heavy atom. The van der Waals surface area contributed by atoms with Crippen LogP contribution in [0.2, 0.25) is 0 Å².